The summed E-state index contributed by atoms with van der Waals surface area (Å²) in [5.74, 6) is 2.36. The molecule has 176 valence electrons. The molecular formula is C30H28N2OS2. The fourth-order valence-electron chi connectivity index (χ4n) is 5.49. The quantitative estimate of drug-likeness (QED) is 0.319. The first-order chi connectivity index (χ1) is 17.1. The molecule has 5 heteroatoms. The van der Waals surface area contributed by atoms with E-state index in [9.17, 15) is 0 Å². The summed E-state index contributed by atoms with van der Waals surface area (Å²) >= 11 is 3.61. The zero-order valence-corrected chi connectivity index (χ0v) is 21.4. The van der Waals surface area contributed by atoms with Crippen molar-refractivity contribution in [3.05, 3.63) is 101 Å². The highest BCUT2D eigenvalue weighted by Gasteiger charge is 2.43. The van der Waals surface area contributed by atoms with Crippen LogP contribution in [-0.4, -0.2) is 18.0 Å². The molecule has 0 radical (unpaired) electrons. The van der Waals surface area contributed by atoms with Crippen LogP contribution in [0.1, 0.15) is 34.8 Å². The SMILES string of the molecule is COc1ccc(-c2cccc(-c3cc4c(s3)CC(c3ccccc3)CC43CCSC(N)=N3)c2)cc1. The molecule has 6 rings (SSSR count). The van der Waals surface area contributed by atoms with Gasteiger partial charge in [-0.05, 0) is 77.3 Å². The number of thioether (sulfide) groups is 1. The number of hydrogen-bond acceptors (Lipinski definition) is 5. The molecule has 3 nitrogen and oxygen atoms in total. The summed E-state index contributed by atoms with van der Waals surface area (Å²) in [7, 11) is 1.70. The monoisotopic (exact) mass is 496 g/mol. The summed E-state index contributed by atoms with van der Waals surface area (Å²) in [4.78, 5) is 7.90. The molecule has 0 saturated heterocycles. The number of fused-ring (bicyclic) bond motifs is 2. The third-order valence-corrected chi connectivity index (χ3v) is 9.26. The van der Waals surface area contributed by atoms with Gasteiger partial charge in [0.2, 0.25) is 0 Å². The van der Waals surface area contributed by atoms with Crippen molar-refractivity contribution >= 4 is 28.3 Å². The van der Waals surface area contributed by atoms with Crippen LogP contribution in [0.3, 0.4) is 0 Å². The molecule has 0 amide bonds. The number of nitrogens with two attached hydrogens (primary N) is 1. The van der Waals surface area contributed by atoms with Crippen molar-refractivity contribution in [1.29, 1.82) is 0 Å². The Kier molecular flexibility index (Phi) is 5.91. The first-order valence-electron chi connectivity index (χ1n) is 12.0. The van der Waals surface area contributed by atoms with Crippen LogP contribution in [0.2, 0.25) is 0 Å². The third-order valence-electron chi connectivity index (χ3n) is 7.26. The minimum Gasteiger partial charge on any atom is -0.497 e. The molecule has 2 heterocycles. The van der Waals surface area contributed by atoms with E-state index in [0.29, 0.717) is 5.92 Å². The standard InChI is InChI=1S/C30H28N2OS2/c1-33-25-12-10-21(11-13-25)22-8-5-9-23(16-22)27-18-26-28(35-27)17-24(20-6-3-2-4-7-20)19-30(26)14-15-34-29(31)32-30/h2-13,16,18,24H,14-15,17,19H2,1H3,(H2,31,32). The maximum Gasteiger partial charge on any atom is 0.154 e. The number of amidine groups is 1. The van der Waals surface area contributed by atoms with Crippen molar-refractivity contribution in [3.8, 4) is 27.3 Å². The Morgan fingerprint density at radius 1 is 0.914 bits per heavy atom. The number of hydrogen-bond donors (Lipinski definition) is 1. The largest absolute Gasteiger partial charge is 0.497 e. The smallest absolute Gasteiger partial charge is 0.154 e. The van der Waals surface area contributed by atoms with E-state index in [-0.39, 0.29) is 5.54 Å². The Morgan fingerprint density at radius 3 is 2.49 bits per heavy atom. The van der Waals surface area contributed by atoms with Gasteiger partial charge in [0, 0.05) is 15.5 Å². The lowest BCUT2D eigenvalue weighted by Crippen LogP contribution is -2.36. The number of aliphatic imine (C=N–C) groups is 1. The highest BCUT2D eigenvalue weighted by Crippen LogP contribution is 2.52. The van der Waals surface area contributed by atoms with Crippen molar-refractivity contribution in [2.45, 2.75) is 30.7 Å². The van der Waals surface area contributed by atoms with E-state index >= 15 is 0 Å². The highest BCUT2D eigenvalue weighted by atomic mass is 32.2. The van der Waals surface area contributed by atoms with E-state index < -0.39 is 0 Å². The maximum atomic E-state index is 6.31. The highest BCUT2D eigenvalue weighted by molar-refractivity contribution is 8.13. The molecule has 0 saturated carbocycles. The van der Waals surface area contributed by atoms with Crippen molar-refractivity contribution in [2.75, 3.05) is 12.9 Å². The van der Waals surface area contributed by atoms with Crippen LogP contribution >= 0.6 is 23.1 Å². The topological polar surface area (TPSA) is 47.6 Å². The first-order valence-corrected chi connectivity index (χ1v) is 13.8. The second-order valence-electron chi connectivity index (χ2n) is 9.35. The van der Waals surface area contributed by atoms with Crippen molar-refractivity contribution < 1.29 is 4.74 Å². The molecule has 3 aromatic carbocycles. The molecule has 0 fully saturated rings. The van der Waals surface area contributed by atoms with Crippen LogP contribution in [0.15, 0.2) is 89.9 Å². The van der Waals surface area contributed by atoms with E-state index in [1.165, 1.54) is 37.6 Å². The zero-order chi connectivity index (χ0) is 23.8. The van der Waals surface area contributed by atoms with Gasteiger partial charge in [-0.15, -0.1) is 11.3 Å². The molecule has 1 aliphatic heterocycles. The number of benzene rings is 3. The summed E-state index contributed by atoms with van der Waals surface area (Å²) in [6, 6.07) is 30.5. The van der Waals surface area contributed by atoms with E-state index in [1.54, 1.807) is 18.9 Å². The lowest BCUT2D eigenvalue weighted by molar-refractivity contribution is 0.338. The normalized spacial score (nSPS) is 21.4. The van der Waals surface area contributed by atoms with Gasteiger partial charge in [-0.3, -0.25) is 4.99 Å². The molecule has 1 aliphatic carbocycles. The van der Waals surface area contributed by atoms with Gasteiger partial charge in [0.15, 0.2) is 5.17 Å². The van der Waals surface area contributed by atoms with Crippen LogP contribution in [0.5, 0.6) is 5.75 Å². The van der Waals surface area contributed by atoms with Gasteiger partial charge in [-0.1, -0.05) is 72.4 Å². The zero-order valence-electron chi connectivity index (χ0n) is 19.7. The Morgan fingerprint density at radius 2 is 1.71 bits per heavy atom. The van der Waals surface area contributed by atoms with Gasteiger partial charge >= 0.3 is 0 Å². The molecule has 1 aromatic heterocycles. The number of methoxy groups -OCH3 is 1. The molecule has 1 spiro atoms. The average molecular weight is 497 g/mol. The minimum absolute atomic E-state index is 0.216. The minimum atomic E-state index is -0.216. The molecule has 2 unspecified atom stereocenters. The van der Waals surface area contributed by atoms with Crippen molar-refractivity contribution in [3.63, 3.8) is 0 Å². The van der Waals surface area contributed by atoms with E-state index in [2.05, 4.69) is 72.8 Å². The predicted octanol–water partition coefficient (Wildman–Crippen LogP) is 7.47. The number of rotatable bonds is 4. The van der Waals surface area contributed by atoms with Gasteiger partial charge in [0.1, 0.15) is 5.75 Å². The number of ether oxygens (including phenoxy) is 1. The lowest BCUT2D eigenvalue weighted by atomic mass is 9.71. The van der Waals surface area contributed by atoms with Crippen LogP contribution in [0.4, 0.5) is 0 Å². The molecule has 4 aromatic rings. The van der Waals surface area contributed by atoms with Crippen molar-refractivity contribution in [2.24, 2.45) is 10.7 Å². The van der Waals surface area contributed by atoms with Crippen molar-refractivity contribution in [1.82, 2.24) is 0 Å². The van der Waals surface area contributed by atoms with Gasteiger partial charge in [-0.25, -0.2) is 0 Å². The molecule has 2 N–H and O–H groups in total. The summed E-state index contributed by atoms with van der Waals surface area (Å²) in [5, 5.41) is 0.727. The second kappa shape index (κ2) is 9.21. The number of nitrogens with zero attached hydrogens (tertiary/aromatic N) is 1. The molecule has 2 atom stereocenters. The molecule has 2 aliphatic rings. The fraction of sp³-hybridized carbons (Fsp3) is 0.233. The Bertz CT molecular complexity index is 1380. The van der Waals surface area contributed by atoms with Crippen LogP contribution in [0.25, 0.3) is 21.6 Å². The van der Waals surface area contributed by atoms with Crippen LogP contribution in [-0.2, 0) is 12.0 Å². The molecule has 0 bridgehead atoms. The summed E-state index contributed by atoms with van der Waals surface area (Å²) in [5.41, 5.74) is 12.5. The average Bonchev–Trinajstić information content (AvgIpc) is 3.35. The second-order valence-corrected chi connectivity index (χ2v) is 11.6. The summed E-state index contributed by atoms with van der Waals surface area (Å²) in [6.45, 7) is 0. The molecular weight excluding hydrogens is 468 g/mol. The van der Waals surface area contributed by atoms with E-state index in [4.69, 9.17) is 15.5 Å². The number of thiophene rings is 1. The Balaban J connectivity index is 1.41. The van der Waals surface area contributed by atoms with Gasteiger partial charge < -0.3 is 10.5 Å². The Hall–Kier alpha value is -3.02. The van der Waals surface area contributed by atoms with Crippen LogP contribution in [0, 0.1) is 0 Å². The summed E-state index contributed by atoms with van der Waals surface area (Å²) in [6.07, 6.45) is 3.12. The van der Waals surface area contributed by atoms with Gasteiger partial charge in [0.25, 0.3) is 0 Å². The fourth-order valence-corrected chi connectivity index (χ4v) is 7.71. The summed E-state index contributed by atoms with van der Waals surface area (Å²) < 4.78 is 5.33. The van der Waals surface area contributed by atoms with E-state index in [0.717, 1.165) is 35.9 Å². The van der Waals surface area contributed by atoms with Crippen LogP contribution < -0.4 is 10.5 Å². The van der Waals surface area contributed by atoms with Gasteiger partial charge in [0.05, 0.1) is 12.6 Å². The Labute approximate surface area is 215 Å². The maximum absolute atomic E-state index is 6.31. The lowest BCUT2D eigenvalue weighted by Gasteiger charge is -2.40. The first kappa shape index (κ1) is 22.4. The van der Waals surface area contributed by atoms with E-state index in [1.807, 2.05) is 23.5 Å². The van der Waals surface area contributed by atoms with Gasteiger partial charge in [-0.2, -0.15) is 0 Å². The molecule has 35 heavy (non-hydrogen) atoms. The predicted molar refractivity (Wildman–Crippen MR) is 150 cm³/mol. The third kappa shape index (κ3) is 4.28.